The van der Waals surface area contributed by atoms with E-state index in [0.29, 0.717) is 5.82 Å². The first kappa shape index (κ1) is 9.64. The topological polar surface area (TPSA) is 28.7 Å². The molecule has 1 aliphatic rings. The first-order valence-corrected chi connectivity index (χ1v) is 4.56. The van der Waals surface area contributed by atoms with Crippen LogP contribution in [0.5, 0.6) is 0 Å². The van der Waals surface area contributed by atoms with E-state index in [2.05, 4.69) is 22.2 Å². The normalized spacial score (nSPS) is 17.1. The molecule has 0 atom stereocenters. The van der Waals surface area contributed by atoms with E-state index in [-0.39, 0.29) is 10.6 Å². The minimum absolute atomic E-state index is 0.00187. The maximum absolute atomic E-state index is 12.3. The maximum Gasteiger partial charge on any atom is 0.431 e. The molecular weight excluding hydrogens is 213 g/mol. The lowest BCUT2D eigenvalue weighted by Crippen LogP contribution is -2.10. The van der Waals surface area contributed by atoms with Gasteiger partial charge < -0.3 is 4.98 Å². The van der Waals surface area contributed by atoms with Gasteiger partial charge in [0.25, 0.3) is 0 Å². The highest BCUT2D eigenvalue weighted by molar-refractivity contribution is 7.71. The van der Waals surface area contributed by atoms with Crippen molar-refractivity contribution in [3.63, 3.8) is 0 Å². The summed E-state index contributed by atoms with van der Waals surface area (Å²) in [5.41, 5.74) is -0.806. The molecule has 6 heteroatoms. The summed E-state index contributed by atoms with van der Waals surface area (Å²) in [5.74, 6) is 0.504. The Morgan fingerprint density at radius 2 is 2.07 bits per heavy atom. The van der Waals surface area contributed by atoms with Gasteiger partial charge in [-0.2, -0.15) is 13.2 Å². The standard InChI is InChI=1S/C8H7F3N2S/c9-8(10,11)5-3-6(14)13-7(12-5)4-1-2-4/h3-4H,1-2H2,(H,12,13,14). The highest BCUT2D eigenvalue weighted by Crippen LogP contribution is 2.39. The summed E-state index contributed by atoms with van der Waals surface area (Å²) in [7, 11) is 0. The van der Waals surface area contributed by atoms with Crippen LogP contribution in [0.3, 0.4) is 0 Å². The number of halogens is 3. The van der Waals surface area contributed by atoms with E-state index in [0.717, 1.165) is 18.9 Å². The van der Waals surface area contributed by atoms with Gasteiger partial charge in [0.1, 0.15) is 16.2 Å². The van der Waals surface area contributed by atoms with Crippen LogP contribution in [0, 0.1) is 4.64 Å². The Labute approximate surface area is 83.2 Å². The second-order valence-electron chi connectivity index (χ2n) is 3.29. The van der Waals surface area contributed by atoms with Crippen LogP contribution >= 0.6 is 12.2 Å². The molecule has 1 fully saturated rings. The van der Waals surface area contributed by atoms with Crippen molar-refractivity contribution in [1.82, 2.24) is 9.97 Å². The molecule has 0 saturated heterocycles. The smallest absolute Gasteiger partial charge is 0.339 e. The zero-order chi connectivity index (χ0) is 10.3. The van der Waals surface area contributed by atoms with Crippen LogP contribution in [0.1, 0.15) is 30.3 Å². The van der Waals surface area contributed by atoms with Gasteiger partial charge in [-0.05, 0) is 12.8 Å². The molecule has 1 heterocycles. The average Bonchev–Trinajstić information content (AvgIpc) is 2.83. The predicted molar refractivity (Wildman–Crippen MR) is 46.4 cm³/mol. The van der Waals surface area contributed by atoms with Crippen molar-refractivity contribution in [3.05, 3.63) is 22.2 Å². The Hall–Kier alpha value is -0.910. The fourth-order valence-electron chi connectivity index (χ4n) is 1.18. The van der Waals surface area contributed by atoms with Crippen molar-refractivity contribution in [2.75, 3.05) is 0 Å². The van der Waals surface area contributed by atoms with Gasteiger partial charge in [-0.1, -0.05) is 12.2 Å². The van der Waals surface area contributed by atoms with Gasteiger partial charge in [-0.25, -0.2) is 4.98 Å². The Morgan fingerprint density at radius 3 is 2.57 bits per heavy atom. The van der Waals surface area contributed by atoms with Gasteiger partial charge in [-0.15, -0.1) is 0 Å². The van der Waals surface area contributed by atoms with E-state index >= 15 is 0 Å². The van der Waals surface area contributed by atoms with E-state index in [4.69, 9.17) is 0 Å². The molecule has 0 unspecified atom stereocenters. The van der Waals surface area contributed by atoms with E-state index in [1.807, 2.05) is 0 Å². The van der Waals surface area contributed by atoms with Crippen molar-refractivity contribution in [2.24, 2.45) is 0 Å². The number of alkyl halides is 3. The summed E-state index contributed by atoms with van der Waals surface area (Å²) < 4.78 is 37.0. The number of hydrogen-bond donors (Lipinski definition) is 1. The molecule has 14 heavy (non-hydrogen) atoms. The van der Waals surface area contributed by atoms with Crippen LogP contribution in [-0.2, 0) is 6.18 Å². The van der Waals surface area contributed by atoms with Crippen LogP contribution < -0.4 is 0 Å². The molecule has 0 bridgehead atoms. The fraction of sp³-hybridized carbons (Fsp3) is 0.500. The van der Waals surface area contributed by atoms with Gasteiger partial charge in [0, 0.05) is 12.0 Å². The van der Waals surface area contributed by atoms with E-state index in [9.17, 15) is 13.2 Å². The highest BCUT2D eigenvalue weighted by Gasteiger charge is 2.34. The number of H-pyrrole nitrogens is 1. The molecule has 1 aromatic heterocycles. The number of hydrogen-bond acceptors (Lipinski definition) is 2. The molecule has 1 N–H and O–H groups in total. The SMILES string of the molecule is FC(F)(F)c1cc(=S)nc(C2CC2)[nH]1. The average molecular weight is 220 g/mol. The summed E-state index contributed by atoms with van der Waals surface area (Å²) in [6.45, 7) is 0. The molecule has 0 aromatic carbocycles. The van der Waals surface area contributed by atoms with Gasteiger partial charge in [0.05, 0.1) is 0 Å². The molecule has 2 nitrogen and oxygen atoms in total. The third kappa shape index (κ3) is 1.95. The summed E-state index contributed by atoms with van der Waals surface area (Å²) in [4.78, 5) is 6.15. The van der Waals surface area contributed by atoms with Gasteiger partial charge >= 0.3 is 6.18 Å². The first-order valence-electron chi connectivity index (χ1n) is 4.15. The molecule has 1 aromatic rings. The fourth-order valence-corrected chi connectivity index (χ4v) is 1.40. The van der Waals surface area contributed by atoms with Gasteiger partial charge in [0.15, 0.2) is 0 Å². The molecule has 1 saturated carbocycles. The molecule has 1 aliphatic carbocycles. The quantitative estimate of drug-likeness (QED) is 0.737. The van der Waals surface area contributed by atoms with Crippen LogP contribution in [0.25, 0.3) is 0 Å². The van der Waals surface area contributed by atoms with Gasteiger partial charge in [0.2, 0.25) is 0 Å². The largest absolute Gasteiger partial charge is 0.431 e. The van der Waals surface area contributed by atoms with Crippen molar-refractivity contribution < 1.29 is 13.2 Å². The zero-order valence-corrected chi connectivity index (χ0v) is 7.87. The Bertz CT molecular complexity index is 406. The lowest BCUT2D eigenvalue weighted by Gasteiger charge is -2.07. The molecule has 0 amide bonds. The van der Waals surface area contributed by atoms with Crippen molar-refractivity contribution >= 4 is 12.2 Å². The number of aromatic nitrogens is 2. The predicted octanol–water partition coefficient (Wildman–Crippen LogP) is 3.04. The van der Waals surface area contributed by atoms with Crippen LogP contribution in [0.15, 0.2) is 6.07 Å². The molecule has 0 aliphatic heterocycles. The van der Waals surface area contributed by atoms with E-state index in [1.165, 1.54) is 0 Å². The number of rotatable bonds is 1. The second kappa shape index (κ2) is 3.05. The van der Waals surface area contributed by atoms with Gasteiger partial charge in [-0.3, -0.25) is 0 Å². The molecule has 0 radical (unpaired) electrons. The lowest BCUT2D eigenvalue weighted by atomic mass is 10.3. The monoisotopic (exact) mass is 220 g/mol. The zero-order valence-electron chi connectivity index (χ0n) is 7.06. The van der Waals surface area contributed by atoms with E-state index in [1.54, 1.807) is 0 Å². The Balaban J connectivity index is 2.46. The Kier molecular flexibility index (Phi) is 2.10. The van der Waals surface area contributed by atoms with E-state index < -0.39 is 11.9 Å². The summed E-state index contributed by atoms with van der Waals surface area (Å²) in [6.07, 6.45) is -2.60. The van der Waals surface area contributed by atoms with Crippen LogP contribution in [0.4, 0.5) is 13.2 Å². The third-order valence-corrected chi connectivity index (χ3v) is 2.24. The maximum atomic E-state index is 12.3. The number of nitrogens with one attached hydrogen (secondary N) is 1. The van der Waals surface area contributed by atoms with Crippen molar-refractivity contribution in [3.8, 4) is 0 Å². The summed E-state index contributed by atoms with van der Waals surface area (Å²) in [6, 6.07) is 0.848. The minimum Gasteiger partial charge on any atom is -0.339 e. The molecule has 0 spiro atoms. The summed E-state index contributed by atoms with van der Waals surface area (Å²) in [5, 5.41) is 0. The molecular formula is C8H7F3N2S. The Morgan fingerprint density at radius 1 is 1.43 bits per heavy atom. The second-order valence-corrected chi connectivity index (χ2v) is 3.71. The number of nitrogens with zero attached hydrogens (tertiary/aromatic N) is 1. The highest BCUT2D eigenvalue weighted by atomic mass is 32.1. The lowest BCUT2D eigenvalue weighted by molar-refractivity contribution is -0.141. The first-order chi connectivity index (χ1) is 6.47. The number of aromatic amines is 1. The molecule has 2 rings (SSSR count). The molecule has 76 valence electrons. The van der Waals surface area contributed by atoms with Crippen LogP contribution in [0.2, 0.25) is 0 Å². The van der Waals surface area contributed by atoms with Crippen molar-refractivity contribution in [1.29, 1.82) is 0 Å². The third-order valence-electron chi connectivity index (χ3n) is 2.03. The van der Waals surface area contributed by atoms with Crippen molar-refractivity contribution in [2.45, 2.75) is 24.9 Å². The van der Waals surface area contributed by atoms with Crippen LogP contribution in [-0.4, -0.2) is 9.97 Å². The summed E-state index contributed by atoms with van der Waals surface area (Å²) >= 11 is 4.67. The minimum atomic E-state index is -4.37.